The molecule has 0 radical (unpaired) electrons. The Morgan fingerprint density at radius 1 is 1.29 bits per heavy atom. The van der Waals surface area contributed by atoms with E-state index in [2.05, 4.69) is 15.5 Å². The van der Waals surface area contributed by atoms with Crippen LogP contribution in [0, 0.1) is 5.82 Å². The zero-order valence-corrected chi connectivity index (χ0v) is 12.8. The summed E-state index contributed by atoms with van der Waals surface area (Å²) in [6.45, 7) is 8.12. The first-order valence-electron chi connectivity index (χ1n) is 7.48. The van der Waals surface area contributed by atoms with Gasteiger partial charge in [-0.3, -0.25) is 9.69 Å². The van der Waals surface area contributed by atoms with Gasteiger partial charge < -0.3 is 10.6 Å². The molecular weight excluding hydrogens is 269 g/mol. The van der Waals surface area contributed by atoms with Gasteiger partial charge in [-0.1, -0.05) is 12.1 Å². The van der Waals surface area contributed by atoms with Crippen LogP contribution in [-0.4, -0.2) is 49.1 Å². The third-order valence-electron chi connectivity index (χ3n) is 4.08. The fourth-order valence-electron chi connectivity index (χ4n) is 2.56. The Hall–Kier alpha value is -1.46. The number of carbonyl (C=O) groups excluding carboxylic acids is 1. The lowest BCUT2D eigenvalue weighted by Crippen LogP contribution is -2.60. The van der Waals surface area contributed by atoms with E-state index in [0.717, 1.165) is 31.7 Å². The molecule has 0 bridgehead atoms. The topological polar surface area (TPSA) is 44.4 Å². The highest BCUT2D eigenvalue weighted by Crippen LogP contribution is 2.15. The Morgan fingerprint density at radius 2 is 1.90 bits per heavy atom. The fraction of sp³-hybridized carbons (Fsp3) is 0.562. The number of amides is 1. The number of nitrogens with one attached hydrogen (secondary N) is 2. The maximum Gasteiger partial charge on any atom is 0.239 e. The molecule has 0 atom stereocenters. The number of carbonyl (C=O) groups is 1. The summed E-state index contributed by atoms with van der Waals surface area (Å²) in [6, 6.07) is 6.40. The van der Waals surface area contributed by atoms with Gasteiger partial charge in [0, 0.05) is 32.7 Å². The van der Waals surface area contributed by atoms with Crippen molar-refractivity contribution < 1.29 is 9.18 Å². The first-order chi connectivity index (χ1) is 10.00. The van der Waals surface area contributed by atoms with E-state index in [0.29, 0.717) is 13.0 Å². The zero-order chi connectivity index (χ0) is 15.3. The molecule has 0 aromatic heterocycles. The molecule has 116 valence electrons. The van der Waals surface area contributed by atoms with Crippen molar-refractivity contribution in [1.29, 1.82) is 0 Å². The van der Waals surface area contributed by atoms with Crippen LogP contribution in [0.15, 0.2) is 24.3 Å². The minimum absolute atomic E-state index is 0.0477. The molecule has 4 nitrogen and oxygen atoms in total. The monoisotopic (exact) mass is 293 g/mol. The molecule has 1 aliphatic rings. The van der Waals surface area contributed by atoms with Gasteiger partial charge >= 0.3 is 0 Å². The number of hydrogen-bond donors (Lipinski definition) is 2. The predicted octanol–water partition coefficient (Wildman–Crippen LogP) is 1.17. The molecule has 21 heavy (non-hydrogen) atoms. The van der Waals surface area contributed by atoms with Crippen molar-refractivity contribution in [1.82, 2.24) is 15.5 Å². The molecule has 0 unspecified atom stereocenters. The van der Waals surface area contributed by atoms with E-state index in [4.69, 9.17) is 0 Å². The van der Waals surface area contributed by atoms with Crippen molar-refractivity contribution in [2.24, 2.45) is 0 Å². The summed E-state index contributed by atoms with van der Waals surface area (Å²) in [5, 5.41) is 6.28. The van der Waals surface area contributed by atoms with Crippen LogP contribution in [-0.2, 0) is 11.2 Å². The van der Waals surface area contributed by atoms with E-state index in [-0.39, 0.29) is 11.7 Å². The van der Waals surface area contributed by atoms with E-state index < -0.39 is 5.54 Å². The van der Waals surface area contributed by atoms with Gasteiger partial charge in [-0.15, -0.1) is 0 Å². The summed E-state index contributed by atoms with van der Waals surface area (Å²) in [5.41, 5.74) is 0.530. The summed E-state index contributed by atoms with van der Waals surface area (Å²) in [7, 11) is 0. The predicted molar refractivity (Wildman–Crippen MR) is 81.6 cm³/mol. The van der Waals surface area contributed by atoms with Gasteiger partial charge in [-0.25, -0.2) is 4.39 Å². The molecule has 1 aromatic rings. The summed E-state index contributed by atoms with van der Waals surface area (Å²) in [4.78, 5) is 14.6. The minimum Gasteiger partial charge on any atom is -0.354 e. The van der Waals surface area contributed by atoms with Crippen LogP contribution < -0.4 is 10.6 Å². The first-order valence-corrected chi connectivity index (χ1v) is 7.48. The Morgan fingerprint density at radius 3 is 2.52 bits per heavy atom. The second kappa shape index (κ2) is 7.00. The van der Waals surface area contributed by atoms with Crippen molar-refractivity contribution in [3.63, 3.8) is 0 Å². The van der Waals surface area contributed by atoms with Gasteiger partial charge in [0.25, 0.3) is 0 Å². The lowest BCUT2D eigenvalue weighted by atomic mass is 10.0. The van der Waals surface area contributed by atoms with E-state index in [1.165, 1.54) is 12.1 Å². The standard InChI is InChI=1S/C16H24FN3O/c1-16(2,20-11-9-18-10-12-20)15(21)19-8-7-13-3-5-14(17)6-4-13/h3-6,18H,7-12H2,1-2H3,(H,19,21). The quantitative estimate of drug-likeness (QED) is 0.856. The number of hydrogen-bond acceptors (Lipinski definition) is 3. The van der Waals surface area contributed by atoms with Crippen LogP contribution in [0.4, 0.5) is 4.39 Å². The van der Waals surface area contributed by atoms with Crippen molar-refractivity contribution in [2.75, 3.05) is 32.7 Å². The molecule has 5 heteroatoms. The molecule has 1 saturated heterocycles. The number of nitrogens with zero attached hydrogens (tertiary/aromatic N) is 1. The smallest absolute Gasteiger partial charge is 0.239 e. The molecular formula is C16H24FN3O. The van der Waals surface area contributed by atoms with E-state index in [1.807, 2.05) is 13.8 Å². The third-order valence-corrected chi connectivity index (χ3v) is 4.08. The van der Waals surface area contributed by atoms with Gasteiger partial charge in [0.05, 0.1) is 5.54 Å². The van der Waals surface area contributed by atoms with Crippen molar-refractivity contribution in [2.45, 2.75) is 25.8 Å². The average molecular weight is 293 g/mol. The van der Waals surface area contributed by atoms with Crippen LogP contribution >= 0.6 is 0 Å². The maximum absolute atomic E-state index is 12.8. The van der Waals surface area contributed by atoms with Crippen LogP contribution in [0.5, 0.6) is 0 Å². The molecule has 2 rings (SSSR count). The third kappa shape index (κ3) is 4.25. The molecule has 1 aromatic carbocycles. The van der Waals surface area contributed by atoms with E-state index in [1.54, 1.807) is 12.1 Å². The van der Waals surface area contributed by atoms with Gasteiger partial charge in [0.2, 0.25) is 5.91 Å². The molecule has 2 N–H and O–H groups in total. The Kier molecular flexibility index (Phi) is 5.31. The number of piperazine rings is 1. The first kappa shape index (κ1) is 15.9. The zero-order valence-electron chi connectivity index (χ0n) is 12.8. The summed E-state index contributed by atoms with van der Waals surface area (Å²) in [6.07, 6.45) is 0.712. The molecule has 0 aliphatic carbocycles. The van der Waals surface area contributed by atoms with Crippen molar-refractivity contribution in [3.8, 4) is 0 Å². The normalized spacial score (nSPS) is 16.7. The molecule has 1 aliphatic heterocycles. The Bertz CT molecular complexity index is 467. The molecule has 0 spiro atoms. The second-order valence-electron chi connectivity index (χ2n) is 5.93. The van der Waals surface area contributed by atoms with E-state index >= 15 is 0 Å². The molecule has 0 saturated carbocycles. The summed E-state index contributed by atoms with van der Waals surface area (Å²) >= 11 is 0. The lowest BCUT2D eigenvalue weighted by molar-refractivity contribution is -0.132. The largest absolute Gasteiger partial charge is 0.354 e. The van der Waals surface area contributed by atoms with Gasteiger partial charge in [0.15, 0.2) is 0 Å². The van der Waals surface area contributed by atoms with Gasteiger partial charge in [-0.2, -0.15) is 0 Å². The van der Waals surface area contributed by atoms with Gasteiger partial charge in [0.1, 0.15) is 5.82 Å². The highest BCUT2D eigenvalue weighted by atomic mass is 19.1. The van der Waals surface area contributed by atoms with Crippen LogP contribution in [0.2, 0.25) is 0 Å². The average Bonchev–Trinajstić information content (AvgIpc) is 2.50. The number of rotatable bonds is 5. The minimum atomic E-state index is -0.495. The van der Waals surface area contributed by atoms with Crippen molar-refractivity contribution in [3.05, 3.63) is 35.6 Å². The van der Waals surface area contributed by atoms with Crippen molar-refractivity contribution >= 4 is 5.91 Å². The van der Waals surface area contributed by atoms with E-state index in [9.17, 15) is 9.18 Å². The van der Waals surface area contributed by atoms with Crippen LogP contribution in [0.25, 0.3) is 0 Å². The lowest BCUT2D eigenvalue weighted by Gasteiger charge is -2.39. The summed E-state index contributed by atoms with van der Waals surface area (Å²) < 4.78 is 12.8. The Balaban J connectivity index is 1.81. The summed E-state index contributed by atoms with van der Waals surface area (Å²) in [5.74, 6) is -0.186. The second-order valence-corrected chi connectivity index (χ2v) is 5.93. The Labute approximate surface area is 125 Å². The molecule has 1 fully saturated rings. The van der Waals surface area contributed by atoms with Crippen LogP contribution in [0.1, 0.15) is 19.4 Å². The number of halogens is 1. The highest BCUT2D eigenvalue weighted by Gasteiger charge is 2.34. The molecule has 1 heterocycles. The van der Waals surface area contributed by atoms with Gasteiger partial charge in [-0.05, 0) is 38.0 Å². The molecule has 1 amide bonds. The SMILES string of the molecule is CC(C)(C(=O)NCCc1ccc(F)cc1)N1CCNCC1. The maximum atomic E-state index is 12.8. The fourth-order valence-corrected chi connectivity index (χ4v) is 2.56. The highest BCUT2D eigenvalue weighted by molar-refractivity contribution is 5.85. The number of benzene rings is 1. The van der Waals surface area contributed by atoms with Crippen LogP contribution in [0.3, 0.4) is 0 Å².